The Morgan fingerprint density at radius 1 is 1.24 bits per heavy atom. The van der Waals surface area contributed by atoms with Crippen LogP contribution >= 0.6 is 0 Å². The zero-order chi connectivity index (χ0) is 15.4. The number of carboxylic acids is 1. The van der Waals surface area contributed by atoms with Crippen molar-refractivity contribution in [2.75, 3.05) is 12.4 Å². The number of nitrogens with one attached hydrogen (secondary N) is 1. The fourth-order valence-electron chi connectivity index (χ4n) is 2.77. The third-order valence-electron chi connectivity index (χ3n) is 4.16. The average Bonchev–Trinajstić information content (AvgIpc) is 2.49. The van der Waals surface area contributed by atoms with Crippen LogP contribution in [0.2, 0.25) is 0 Å². The summed E-state index contributed by atoms with van der Waals surface area (Å²) in [5, 5.41) is 11.8. The van der Waals surface area contributed by atoms with E-state index in [0.717, 1.165) is 18.4 Å². The molecule has 0 unspecified atom stereocenters. The Morgan fingerprint density at radius 2 is 1.90 bits per heavy atom. The summed E-state index contributed by atoms with van der Waals surface area (Å²) >= 11 is 0. The normalized spacial score (nSPS) is 15.5. The van der Waals surface area contributed by atoms with Crippen LogP contribution in [0, 0.1) is 6.92 Å². The van der Waals surface area contributed by atoms with Gasteiger partial charge < -0.3 is 15.3 Å². The molecule has 0 aromatic heterocycles. The van der Waals surface area contributed by atoms with Crippen LogP contribution in [0.3, 0.4) is 0 Å². The van der Waals surface area contributed by atoms with Crippen molar-refractivity contribution in [2.24, 2.45) is 0 Å². The van der Waals surface area contributed by atoms with E-state index in [2.05, 4.69) is 5.32 Å². The van der Waals surface area contributed by atoms with Crippen LogP contribution in [0.4, 0.5) is 10.5 Å². The van der Waals surface area contributed by atoms with Crippen LogP contribution in [0.5, 0.6) is 0 Å². The minimum atomic E-state index is -0.963. The van der Waals surface area contributed by atoms with Gasteiger partial charge >= 0.3 is 12.0 Å². The molecule has 114 valence electrons. The summed E-state index contributed by atoms with van der Waals surface area (Å²) in [5.74, 6) is -0.963. The molecule has 21 heavy (non-hydrogen) atoms. The second kappa shape index (κ2) is 6.61. The molecule has 1 fully saturated rings. The molecular weight excluding hydrogens is 268 g/mol. The van der Waals surface area contributed by atoms with E-state index in [1.807, 2.05) is 7.05 Å². The molecule has 0 spiro atoms. The van der Waals surface area contributed by atoms with Gasteiger partial charge in [-0.15, -0.1) is 0 Å². The van der Waals surface area contributed by atoms with Crippen molar-refractivity contribution in [3.63, 3.8) is 0 Å². The highest BCUT2D eigenvalue weighted by molar-refractivity contribution is 5.92. The van der Waals surface area contributed by atoms with Crippen molar-refractivity contribution < 1.29 is 14.7 Å². The summed E-state index contributed by atoms with van der Waals surface area (Å²) in [4.78, 5) is 25.0. The number of carbonyl (C=O) groups is 2. The minimum absolute atomic E-state index is 0.131. The lowest BCUT2D eigenvalue weighted by Gasteiger charge is -2.31. The fourth-order valence-corrected chi connectivity index (χ4v) is 2.77. The molecule has 0 radical (unpaired) electrons. The zero-order valence-corrected chi connectivity index (χ0v) is 12.6. The maximum Gasteiger partial charge on any atom is 0.335 e. The lowest BCUT2D eigenvalue weighted by atomic mass is 9.95. The number of amides is 2. The summed E-state index contributed by atoms with van der Waals surface area (Å²) in [5.41, 5.74) is 1.64. The van der Waals surface area contributed by atoms with E-state index in [4.69, 9.17) is 5.11 Å². The summed E-state index contributed by atoms with van der Waals surface area (Å²) in [6, 6.07) is 4.89. The van der Waals surface area contributed by atoms with Crippen LogP contribution in [-0.2, 0) is 0 Å². The number of rotatable bonds is 3. The first kappa shape index (κ1) is 15.4. The molecule has 0 heterocycles. The van der Waals surface area contributed by atoms with Gasteiger partial charge in [0, 0.05) is 18.8 Å². The molecule has 2 rings (SSSR count). The predicted octanol–water partition coefficient (Wildman–Crippen LogP) is 3.49. The highest BCUT2D eigenvalue weighted by atomic mass is 16.4. The Labute approximate surface area is 125 Å². The minimum Gasteiger partial charge on any atom is -0.478 e. The van der Waals surface area contributed by atoms with Gasteiger partial charge in [-0.25, -0.2) is 9.59 Å². The number of anilines is 1. The Bertz CT molecular complexity index is 536. The number of hydrogen-bond acceptors (Lipinski definition) is 2. The van der Waals surface area contributed by atoms with E-state index in [-0.39, 0.29) is 11.6 Å². The monoisotopic (exact) mass is 290 g/mol. The number of hydrogen-bond donors (Lipinski definition) is 2. The van der Waals surface area contributed by atoms with Crippen molar-refractivity contribution in [3.8, 4) is 0 Å². The smallest absolute Gasteiger partial charge is 0.335 e. The molecule has 1 aromatic carbocycles. The van der Waals surface area contributed by atoms with Gasteiger partial charge in [-0.1, -0.05) is 19.3 Å². The molecular formula is C16H22N2O3. The van der Waals surface area contributed by atoms with Crippen molar-refractivity contribution in [1.29, 1.82) is 0 Å². The highest BCUT2D eigenvalue weighted by Gasteiger charge is 2.22. The number of aromatic carboxylic acids is 1. The summed E-state index contributed by atoms with van der Waals surface area (Å²) in [6.07, 6.45) is 5.71. The van der Waals surface area contributed by atoms with Gasteiger partial charge in [0.2, 0.25) is 0 Å². The Morgan fingerprint density at radius 3 is 2.48 bits per heavy atom. The van der Waals surface area contributed by atoms with Crippen LogP contribution < -0.4 is 5.32 Å². The van der Waals surface area contributed by atoms with Crippen LogP contribution in [0.15, 0.2) is 18.2 Å². The average molecular weight is 290 g/mol. The van der Waals surface area contributed by atoms with Crippen molar-refractivity contribution >= 4 is 17.7 Å². The largest absolute Gasteiger partial charge is 0.478 e. The molecule has 0 atom stereocenters. The maximum atomic E-state index is 12.3. The predicted molar refractivity (Wildman–Crippen MR) is 81.8 cm³/mol. The van der Waals surface area contributed by atoms with Gasteiger partial charge in [0.15, 0.2) is 0 Å². The van der Waals surface area contributed by atoms with Gasteiger partial charge in [-0.2, -0.15) is 0 Å². The summed E-state index contributed by atoms with van der Waals surface area (Å²) in [6.45, 7) is 1.79. The van der Waals surface area contributed by atoms with Gasteiger partial charge in [-0.05, 0) is 43.5 Å². The van der Waals surface area contributed by atoms with E-state index in [1.165, 1.54) is 25.3 Å². The first-order chi connectivity index (χ1) is 9.99. The third kappa shape index (κ3) is 3.74. The van der Waals surface area contributed by atoms with E-state index in [1.54, 1.807) is 24.0 Å². The standard InChI is InChI=1S/C16H22N2O3/c1-11-10-12(15(19)20)8-9-14(11)17-16(21)18(2)13-6-4-3-5-7-13/h8-10,13H,3-7H2,1-2H3,(H,17,21)(H,19,20). The third-order valence-corrected chi connectivity index (χ3v) is 4.16. The lowest BCUT2D eigenvalue weighted by molar-refractivity contribution is 0.0697. The Balaban J connectivity index is 2.03. The van der Waals surface area contributed by atoms with E-state index in [9.17, 15) is 9.59 Å². The molecule has 1 aromatic rings. The van der Waals surface area contributed by atoms with E-state index in [0.29, 0.717) is 11.7 Å². The Kier molecular flexibility index (Phi) is 4.83. The zero-order valence-electron chi connectivity index (χ0n) is 12.6. The van der Waals surface area contributed by atoms with Gasteiger partial charge in [-0.3, -0.25) is 0 Å². The molecule has 2 amide bonds. The van der Waals surface area contributed by atoms with Gasteiger partial charge in [0.25, 0.3) is 0 Å². The molecule has 1 saturated carbocycles. The van der Waals surface area contributed by atoms with E-state index < -0.39 is 5.97 Å². The number of nitrogens with zero attached hydrogens (tertiary/aromatic N) is 1. The highest BCUT2D eigenvalue weighted by Crippen LogP contribution is 2.23. The van der Waals surface area contributed by atoms with Gasteiger partial charge in [0.05, 0.1) is 5.56 Å². The van der Waals surface area contributed by atoms with Crippen molar-refractivity contribution in [2.45, 2.75) is 45.1 Å². The molecule has 5 nitrogen and oxygen atoms in total. The molecule has 0 aliphatic heterocycles. The van der Waals surface area contributed by atoms with Crippen LogP contribution in [0.1, 0.15) is 48.0 Å². The number of aryl methyl sites for hydroxylation is 1. The van der Waals surface area contributed by atoms with Crippen LogP contribution in [0.25, 0.3) is 0 Å². The molecule has 1 aliphatic rings. The molecule has 0 saturated heterocycles. The molecule has 5 heteroatoms. The first-order valence-electron chi connectivity index (χ1n) is 7.37. The molecule has 2 N–H and O–H groups in total. The number of benzene rings is 1. The SMILES string of the molecule is Cc1cc(C(=O)O)ccc1NC(=O)N(C)C1CCCCC1. The summed E-state index contributed by atoms with van der Waals surface area (Å²) in [7, 11) is 1.83. The number of carbonyl (C=O) groups excluding carboxylic acids is 1. The second-order valence-electron chi connectivity index (χ2n) is 5.67. The molecule has 1 aliphatic carbocycles. The summed E-state index contributed by atoms with van der Waals surface area (Å²) < 4.78 is 0. The number of carboxylic acid groups (broad SMARTS) is 1. The Hall–Kier alpha value is -2.04. The van der Waals surface area contributed by atoms with E-state index >= 15 is 0 Å². The lowest BCUT2D eigenvalue weighted by Crippen LogP contribution is -2.41. The second-order valence-corrected chi connectivity index (χ2v) is 5.67. The van der Waals surface area contributed by atoms with Gasteiger partial charge in [0.1, 0.15) is 0 Å². The fraction of sp³-hybridized carbons (Fsp3) is 0.500. The maximum absolute atomic E-state index is 12.3. The quantitative estimate of drug-likeness (QED) is 0.895. The number of urea groups is 1. The van der Waals surface area contributed by atoms with Crippen molar-refractivity contribution in [3.05, 3.63) is 29.3 Å². The van der Waals surface area contributed by atoms with Crippen LogP contribution in [-0.4, -0.2) is 35.1 Å². The first-order valence-corrected chi connectivity index (χ1v) is 7.37. The topological polar surface area (TPSA) is 69.6 Å². The van der Waals surface area contributed by atoms with Crippen molar-refractivity contribution in [1.82, 2.24) is 4.90 Å². The molecule has 0 bridgehead atoms.